The molecule has 1 atom stereocenters. The fraction of sp³-hybridized carbons (Fsp3) is 0.417. The quantitative estimate of drug-likeness (QED) is 0.822. The maximum Gasteiger partial charge on any atom is 0.152 e. The van der Waals surface area contributed by atoms with Crippen molar-refractivity contribution in [1.82, 2.24) is 4.98 Å². The predicted octanol–water partition coefficient (Wildman–Crippen LogP) is 3.15. The van der Waals surface area contributed by atoms with Gasteiger partial charge >= 0.3 is 0 Å². The second-order valence-corrected chi connectivity index (χ2v) is 4.24. The monoisotopic (exact) mass is 238 g/mol. The largest absolute Gasteiger partial charge is 0.497 e. The number of nitrogens with zero attached hydrogens (tertiary/aromatic N) is 1. The van der Waals surface area contributed by atoms with E-state index in [4.69, 9.17) is 16.3 Å². The maximum absolute atomic E-state index is 6.02. The van der Waals surface area contributed by atoms with Crippen LogP contribution in [-0.4, -0.2) is 17.6 Å². The first-order chi connectivity index (χ1) is 7.77. The van der Waals surface area contributed by atoms with E-state index in [0.717, 1.165) is 30.6 Å². The molecule has 0 saturated heterocycles. The molecule has 2 rings (SSSR count). The van der Waals surface area contributed by atoms with Crippen LogP contribution in [0.5, 0.6) is 0 Å². The molecule has 0 radical (unpaired) electrons. The molecule has 1 N–H and O–H groups in total. The normalized spacial score (nSPS) is 19.2. The summed E-state index contributed by atoms with van der Waals surface area (Å²) in [4.78, 5) is 4.05. The van der Waals surface area contributed by atoms with E-state index >= 15 is 0 Å². The van der Waals surface area contributed by atoms with Crippen molar-refractivity contribution in [2.75, 3.05) is 11.9 Å². The molecule has 0 bridgehead atoms. The number of hydrogen-bond acceptors (Lipinski definition) is 3. The van der Waals surface area contributed by atoms with Crippen molar-refractivity contribution >= 4 is 17.3 Å². The lowest BCUT2D eigenvalue weighted by atomic mass is 10.1. The molecule has 16 heavy (non-hydrogen) atoms. The van der Waals surface area contributed by atoms with Crippen molar-refractivity contribution in [2.45, 2.75) is 25.9 Å². The van der Waals surface area contributed by atoms with Crippen LogP contribution in [0.15, 0.2) is 24.6 Å². The summed E-state index contributed by atoms with van der Waals surface area (Å²) in [5.74, 6) is 0. The van der Waals surface area contributed by atoms with Crippen molar-refractivity contribution in [3.8, 4) is 0 Å². The molecule has 3 nitrogen and oxygen atoms in total. The molecule has 2 heterocycles. The number of rotatable bonds is 3. The first-order valence-corrected chi connectivity index (χ1v) is 5.80. The highest BCUT2D eigenvalue weighted by Gasteiger charge is 2.12. The number of ether oxygens (including phenoxy) is 1. The van der Waals surface area contributed by atoms with Crippen LogP contribution in [0.2, 0.25) is 5.15 Å². The van der Waals surface area contributed by atoms with Gasteiger partial charge in [-0.3, -0.25) is 0 Å². The first-order valence-electron chi connectivity index (χ1n) is 5.43. The Balaban J connectivity index is 1.96. The third-order valence-electron chi connectivity index (χ3n) is 2.64. The minimum Gasteiger partial charge on any atom is -0.497 e. The molecular weight excluding hydrogens is 224 g/mol. The Morgan fingerprint density at radius 3 is 3.19 bits per heavy atom. The zero-order chi connectivity index (χ0) is 11.4. The van der Waals surface area contributed by atoms with Crippen LogP contribution in [-0.2, 0) is 4.74 Å². The Kier molecular flexibility index (Phi) is 3.67. The molecule has 1 aliphatic rings. The van der Waals surface area contributed by atoms with E-state index in [1.54, 1.807) is 12.5 Å². The van der Waals surface area contributed by atoms with E-state index in [2.05, 4.69) is 10.3 Å². The molecule has 0 amide bonds. The van der Waals surface area contributed by atoms with Gasteiger partial charge in [0.25, 0.3) is 0 Å². The zero-order valence-electron chi connectivity index (χ0n) is 9.24. The summed E-state index contributed by atoms with van der Waals surface area (Å²) >= 11 is 6.02. The molecule has 0 fully saturated rings. The molecule has 1 aliphatic heterocycles. The van der Waals surface area contributed by atoms with E-state index in [1.807, 2.05) is 19.1 Å². The summed E-state index contributed by atoms with van der Waals surface area (Å²) < 4.78 is 5.47. The number of pyridine rings is 1. The Morgan fingerprint density at radius 2 is 2.50 bits per heavy atom. The third kappa shape index (κ3) is 2.67. The van der Waals surface area contributed by atoms with Gasteiger partial charge in [0.15, 0.2) is 5.15 Å². The average molecular weight is 239 g/mol. The number of nitrogens with one attached hydrogen (secondary N) is 1. The summed E-state index contributed by atoms with van der Waals surface area (Å²) in [5.41, 5.74) is 2.01. The summed E-state index contributed by atoms with van der Waals surface area (Å²) in [7, 11) is 0. The van der Waals surface area contributed by atoms with Gasteiger partial charge in [-0.2, -0.15) is 0 Å². The molecular formula is C12H15ClN2O. The number of aromatic nitrogens is 1. The van der Waals surface area contributed by atoms with Gasteiger partial charge in [0, 0.05) is 6.20 Å². The van der Waals surface area contributed by atoms with Gasteiger partial charge in [-0.05, 0) is 37.5 Å². The van der Waals surface area contributed by atoms with Gasteiger partial charge in [-0.15, -0.1) is 0 Å². The standard InChI is InChI=1S/C12H15ClN2O/c1-9-5-6-14-12(13)11(9)15-8-10-4-2-3-7-16-10/h3,5-7,10,15H,2,4,8H2,1H3. The van der Waals surface area contributed by atoms with Crippen molar-refractivity contribution in [2.24, 2.45) is 0 Å². The number of hydrogen-bond donors (Lipinski definition) is 1. The van der Waals surface area contributed by atoms with Gasteiger partial charge in [0.2, 0.25) is 0 Å². The van der Waals surface area contributed by atoms with E-state index in [1.165, 1.54) is 0 Å². The summed E-state index contributed by atoms with van der Waals surface area (Å²) in [6.45, 7) is 2.77. The molecule has 1 aromatic heterocycles. The van der Waals surface area contributed by atoms with Crippen molar-refractivity contribution < 1.29 is 4.74 Å². The van der Waals surface area contributed by atoms with Gasteiger partial charge in [0.05, 0.1) is 18.5 Å². The minimum absolute atomic E-state index is 0.223. The predicted molar refractivity (Wildman–Crippen MR) is 65.7 cm³/mol. The molecule has 0 aromatic carbocycles. The SMILES string of the molecule is Cc1ccnc(Cl)c1NCC1CCC=CO1. The van der Waals surface area contributed by atoms with Crippen LogP contribution in [0.4, 0.5) is 5.69 Å². The first kappa shape index (κ1) is 11.3. The molecule has 86 valence electrons. The second kappa shape index (κ2) is 5.21. The minimum atomic E-state index is 0.223. The highest BCUT2D eigenvalue weighted by Crippen LogP contribution is 2.23. The Labute approximate surface area is 100 Å². The van der Waals surface area contributed by atoms with Crippen molar-refractivity contribution in [3.63, 3.8) is 0 Å². The lowest BCUT2D eigenvalue weighted by Gasteiger charge is -2.21. The van der Waals surface area contributed by atoms with Gasteiger partial charge in [-0.1, -0.05) is 11.6 Å². The highest BCUT2D eigenvalue weighted by molar-refractivity contribution is 6.32. The van der Waals surface area contributed by atoms with Gasteiger partial charge in [0.1, 0.15) is 6.10 Å². The summed E-state index contributed by atoms with van der Waals surface area (Å²) in [5, 5.41) is 3.82. The van der Waals surface area contributed by atoms with Crippen LogP contribution in [0, 0.1) is 6.92 Å². The highest BCUT2D eigenvalue weighted by atomic mass is 35.5. The Hall–Kier alpha value is -1.22. The van der Waals surface area contributed by atoms with Crippen LogP contribution in [0.3, 0.4) is 0 Å². The van der Waals surface area contributed by atoms with E-state index in [9.17, 15) is 0 Å². The molecule has 1 aromatic rings. The van der Waals surface area contributed by atoms with E-state index < -0.39 is 0 Å². The lowest BCUT2D eigenvalue weighted by molar-refractivity contribution is 0.135. The third-order valence-corrected chi connectivity index (χ3v) is 2.93. The smallest absolute Gasteiger partial charge is 0.152 e. The zero-order valence-corrected chi connectivity index (χ0v) is 10.00. The van der Waals surface area contributed by atoms with Crippen LogP contribution in [0.1, 0.15) is 18.4 Å². The fourth-order valence-electron chi connectivity index (χ4n) is 1.69. The van der Waals surface area contributed by atoms with Gasteiger partial charge in [-0.25, -0.2) is 4.98 Å². The number of aryl methyl sites for hydroxylation is 1. The van der Waals surface area contributed by atoms with E-state index in [0.29, 0.717) is 5.15 Å². The number of halogens is 1. The summed E-state index contributed by atoms with van der Waals surface area (Å²) in [6.07, 6.45) is 7.86. The van der Waals surface area contributed by atoms with Gasteiger partial charge < -0.3 is 10.1 Å². The molecule has 4 heteroatoms. The summed E-state index contributed by atoms with van der Waals surface area (Å²) in [6, 6.07) is 1.94. The molecule has 0 spiro atoms. The van der Waals surface area contributed by atoms with Crippen LogP contribution >= 0.6 is 11.6 Å². The lowest BCUT2D eigenvalue weighted by Crippen LogP contribution is -2.23. The topological polar surface area (TPSA) is 34.2 Å². The van der Waals surface area contributed by atoms with Crippen molar-refractivity contribution in [3.05, 3.63) is 35.3 Å². The van der Waals surface area contributed by atoms with Crippen LogP contribution in [0.25, 0.3) is 0 Å². The van der Waals surface area contributed by atoms with Crippen LogP contribution < -0.4 is 5.32 Å². The molecule has 0 saturated carbocycles. The fourth-order valence-corrected chi connectivity index (χ4v) is 1.96. The molecule has 1 unspecified atom stereocenters. The Bertz CT molecular complexity index is 372. The number of allylic oxidation sites excluding steroid dienone is 1. The second-order valence-electron chi connectivity index (χ2n) is 3.88. The number of anilines is 1. The Morgan fingerprint density at radius 1 is 1.62 bits per heavy atom. The maximum atomic E-state index is 6.02. The molecule has 0 aliphatic carbocycles. The average Bonchev–Trinajstić information content (AvgIpc) is 2.30. The van der Waals surface area contributed by atoms with E-state index in [-0.39, 0.29) is 6.10 Å². The van der Waals surface area contributed by atoms with Crippen molar-refractivity contribution in [1.29, 1.82) is 0 Å².